The molecule has 0 bridgehead atoms. The number of carbonyl (C=O) groups excluding carboxylic acids is 1. The molecule has 2 atom stereocenters. The van der Waals surface area contributed by atoms with Crippen molar-refractivity contribution in [2.45, 2.75) is 19.0 Å². The molecular weight excluding hydrogens is 390 g/mol. The minimum Gasteiger partial charge on any atom is -0.340 e. The minimum atomic E-state index is -0.162. The van der Waals surface area contributed by atoms with Crippen LogP contribution in [0.4, 0.5) is 0 Å². The van der Waals surface area contributed by atoms with E-state index in [1.54, 1.807) is 11.3 Å². The number of nitrogens with zero attached hydrogens (tertiary/aromatic N) is 1. The molecule has 152 valence electrons. The maximum absolute atomic E-state index is 13.0. The van der Waals surface area contributed by atoms with Gasteiger partial charge in [0.15, 0.2) is 11.6 Å². The van der Waals surface area contributed by atoms with Crippen molar-refractivity contribution in [2.75, 3.05) is 13.6 Å². The van der Waals surface area contributed by atoms with Crippen LogP contribution in [0.2, 0.25) is 0 Å². The van der Waals surface area contributed by atoms with Crippen molar-refractivity contribution in [1.82, 2.24) is 10.3 Å². The molecule has 30 heavy (non-hydrogen) atoms. The first kappa shape index (κ1) is 20.3. The van der Waals surface area contributed by atoms with Crippen molar-refractivity contribution in [2.24, 2.45) is 0 Å². The van der Waals surface area contributed by atoms with Gasteiger partial charge in [0.05, 0.1) is 23.3 Å². The zero-order valence-electron chi connectivity index (χ0n) is 17.2. The van der Waals surface area contributed by atoms with Gasteiger partial charge in [-0.2, -0.15) is 0 Å². The summed E-state index contributed by atoms with van der Waals surface area (Å²) in [5.74, 6) is 0.0261. The van der Waals surface area contributed by atoms with Crippen LogP contribution in [0, 0.1) is 0 Å². The largest absolute Gasteiger partial charge is 0.340 e. The number of carbonyl (C=O) groups is 1. The van der Waals surface area contributed by atoms with Crippen molar-refractivity contribution in [3.63, 3.8) is 0 Å². The van der Waals surface area contributed by atoms with Crippen LogP contribution in [0.15, 0.2) is 84.9 Å². The molecule has 0 radical (unpaired) electrons. The Morgan fingerprint density at radius 3 is 2.10 bits per heavy atom. The first-order valence-corrected chi connectivity index (χ1v) is 11.0. The fraction of sp³-hybridized carbons (Fsp3) is 0.200. The van der Waals surface area contributed by atoms with Crippen LogP contribution >= 0.6 is 11.3 Å². The van der Waals surface area contributed by atoms with Gasteiger partial charge in [0.25, 0.3) is 5.91 Å². The van der Waals surface area contributed by atoms with Gasteiger partial charge in [-0.05, 0) is 30.2 Å². The Bertz CT molecular complexity index is 1040. The molecular formula is C25H26N3OS+. The van der Waals surface area contributed by atoms with Crippen molar-refractivity contribution in [3.8, 4) is 0 Å². The number of hydrogen-bond donors (Lipinski definition) is 2. The molecule has 1 heterocycles. The van der Waals surface area contributed by atoms with Crippen LogP contribution < -0.4 is 10.2 Å². The molecule has 0 fully saturated rings. The number of benzene rings is 3. The summed E-state index contributed by atoms with van der Waals surface area (Å²) in [7, 11) is 2.05. The normalized spacial score (nSPS) is 13.3. The van der Waals surface area contributed by atoms with Gasteiger partial charge >= 0.3 is 0 Å². The summed E-state index contributed by atoms with van der Waals surface area (Å²) in [5.41, 5.74) is 3.18. The zero-order valence-corrected chi connectivity index (χ0v) is 18.0. The number of thiazole rings is 1. The van der Waals surface area contributed by atoms with E-state index in [0.29, 0.717) is 6.54 Å². The highest BCUT2D eigenvalue weighted by molar-refractivity contribution is 7.18. The molecule has 4 aromatic rings. The van der Waals surface area contributed by atoms with Gasteiger partial charge in [0.1, 0.15) is 6.04 Å². The SMILES string of the molecule is C[C@@H](c1nc2ccccc2s1)[NH+](C)CC(=O)NC(c1ccccc1)c1ccccc1. The number of aromatic nitrogens is 1. The third kappa shape index (κ3) is 4.58. The molecule has 0 aliphatic rings. The molecule has 0 aliphatic heterocycles. The van der Waals surface area contributed by atoms with E-state index in [1.807, 2.05) is 54.6 Å². The fourth-order valence-corrected chi connectivity index (χ4v) is 4.67. The van der Waals surface area contributed by atoms with Gasteiger partial charge in [-0.25, -0.2) is 4.98 Å². The maximum atomic E-state index is 13.0. The van der Waals surface area contributed by atoms with Crippen LogP contribution in [-0.2, 0) is 4.79 Å². The van der Waals surface area contributed by atoms with Gasteiger partial charge in [0.2, 0.25) is 0 Å². The minimum absolute atomic E-state index is 0.0261. The zero-order chi connectivity index (χ0) is 20.9. The summed E-state index contributed by atoms with van der Waals surface area (Å²) in [6, 6.07) is 28.4. The first-order valence-electron chi connectivity index (χ1n) is 10.2. The van der Waals surface area contributed by atoms with Crippen molar-refractivity contribution in [1.29, 1.82) is 0 Å². The molecule has 5 heteroatoms. The lowest BCUT2D eigenvalue weighted by Gasteiger charge is -2.23. The fourth-order valence-electron chi connectivity index (χ4n) is 3.55. The number of quaternary nitrogens is 1. The molecule has 4 nitrogen and oxygen atoms in total. The molecule has 3 aromatic carbocycles. The average Bonchev–Trinajstić information content (AvgIpc) is 3.22. The van der Waals surface area contributed by atoms with Crippen LogP contribution in [0.5, 0.6) is 0 Å². The van der Waals surface area contributed by atoms with E-state index in [9.17, 15) is 4.79 Å². The number of likely N-dealkylation sites (N-methyl/N-ethyl adjacent to an activating group) is 1. The van der Waals surface area contributed by atoms with Gasteiger partial charge in [-0.1, -0.05) is 72.8 Å². The Kier molecular flexibility index (Phi) is 6.21. The Morgan fingerprint density at radius 1 is 0.933 bits per heavy atom. The Balaban J connectivity index is 1.47. The summed E-state index contributed by atoms with van der Waals surface area (Å²) in [4.78, 5) is 18.8. The van der Waals surface area contributed by atoms with E-state index in [2.05, 4.69) is 49.6 Å². The Labute approximate surface area is 181 Å². The summed E-state index contributed by atoms with van der Waals surface area (Å²) in [6.07, 6.45) is 0. The number of nitrogens with one attached hydrogen (secondary N) is 2. The van der Waals surface area contributed by atoms with Gasteiger partial charge in [-0.3, -0.25) is 4.79 Å². The van der Waals surface area contributed by atoms with E-state index in [1.165, 1.54) is 4.70 Å². The standard InChI is InChI=1S/C25H25N3OS/c1-18(25-26-21-15-9-10-16-22(21)30-25)28(2)17-23(29)27-24(19-11-5-3-6-12-19)20-13-7-4-8-14-20/h3-16,18,24H,17H2,1-2H3,(H,27,29)/p+1/t18-/m0/s1. The van der Waals surface area contributed by atoms with E-state index >= 15 is 0 Å². The van der Waals surface area contributed by atoms with E-state index in [-0.39, 0.29) is 18.0 Å². The predicted octanol–water partition coefficient (Wildman–Crippen LogP) is 3.78. The molecule has 0 saturated heterocycles. The van der Waals surface area contributed by atoms with E-state index in [0.717, 1.165) is 26.6 Å². The highest BCUT2D eigenvalue weighted by Gasteiger charge is 2.24. The molecule has 1 amide bonds. The van der Waals surface area contributed by atoms with Crippen molar-refractivity contribution >= 4 is 27.5 Å². The number of hydrogen-bond acceptors (Lipinski definition) is 3. The molecule has 4 rings (SSSR count). The second-order valence-electron chi connectivity index (χ2n) is 7.59. The first-order chi connectivity index (χ1) is 14.6. The van der Waals surface area contributed by atoms with Crippen LogP contribution in [-0.4, -0.2) is 24.5 Å². The van der Waals surface area contributed by atoms with E-state index in [4.69, 9.17) is 4.98 Å². The third-order valence-corrected chi connectivity index (χ3v) is 6.65. The van der Waals surface area contributed by atoms with Gasteiger partial charge in [0, 0.05) is 0 Å². The van der Waals surface area contributed by atoms with Crippen LogP contribution in [0.1, 0.15) is 35.1 Å². The summed E-state index contributed by atoms with van der Waals surface area (Å²) in [6.45, 7) is 2.51. The number of amides is 1. The molecule has 1 aromatic heterocycles. The Morgan fingerprint density at radius 2 is 1.50 bits per heavy atom. The molecule has 1 unspecified atom stereocenters. The number of fused-ring (bicyclic) bond motifs is 1. The smallest absolute Gasteiger partial charge is 0.275 e. The molecule has 2 N–H and O–H groups in total. The van der Waals surface area contributed by atoms with E-state index < -0.39 is 0 Å². The van der Waals surface area contributed by atoms with Crippen molar-refractivity contribution < 1.29 is 9.69 Å². The Hall–Kier alpha value is -3.02. The summed E-state index contributed by atoms with van der Waals surface area (Å²) < 4.78 is 1.19. The van der Waals surface area contributed by atoms with Gasteiger partial charge in [-0.15, -0.1) is 11.3 Å². The molecule has 0 spiro atoms. The lowest BCUT2D eigenvalue weighted by atomic mass is 9.99. The number of rotatable bonds is 7. The number of para-hydroxylation sites is 1. The van der Waals surface area contributed by atoms with Crippen molar-refractivity contribution in [3.05, 3.63) is 101 Å². The maximum Gasteiger partial charge on any atom is 0.275 e. The lowest BCUT2D eigenvalue weighted by Crippen LogP contribution is -3.10. The average molecular weight is 417 g/mol. The molecule has 0 saturated carbocycles. The quantitative estimate of drug-likeness (QED) is 0.482. The summed E-state index contributed by atoms with van der Waals surface area (Å²) >= 11 is 1.70. The highest BCUT2D eigenvalue weighted by atomic mass is 32.1. The second-order valence-corrected chi connectivity index (χ2v) is 8.65. The van der Waals surface area contributed by atoms with Crippen LogP contribution in [0.25, 0.3) is 10.2 Å². The lowest BCUT2D eigenvalue weighted by molar-refractivity contribution is -0.902. The molecule has 0 aliphatic carbocycles. The second kappa shape index (κ2) is 9.20. The predicted molar refractivity (Wildman–Crippen MR) is 123 cm³/mol. The van der Waals surface area contributed by atoms with Crippen LogP contribution in [0.3, 0.4) is 0 Å². The highest BCUT2D eigenvalue weighted by Crippen LogP contribution is 2.25. The summed E-state index contributed by atoms with van der Waals surface area (Å²) in [5, 5.41) is 4.30. The topological polar surface area (TPSA) is 46.4 Å². The van der Waals surface area contributed by atoms with Gasteiger partial charge < -0.3 is 10.2 Å². The third-order valence-electron chi connectivity index (χ3n) is 5.43. The monoisotopic (exact) mass is 416 g/mol.